The summed E-state index contributed by atoms with van der Waals surface area (Å²) in [6, 6.07) is 11.2. The van der Waals surface area contributed by atoms with Crippen LogP contribution in [0.3, 0.4) is 0 Å². The van der Waals surface area contributed by atoms with Crippen LogP contribution in [0.15, 0.2) is 35.5 Å². The molecule has 1 rings (SSSR count). The van der Waals surface area contributed by atoms with Gasteiger partial charge in [-0.25, -0.2) is 0 Å². The highest BCUT2D eigenvalue weighted by Gasteiger charge is 2.17. The van der Waals surface area contributed by atoms with E-state index >= 15 is 0 Å². The van der Waals surface area contributed by atoms with Gasteiger partial charge in [0.2, 0.25) is 0 Å². The molecule has 0 bridgehead atoms. The van der Waals surface area contributed by atoms with E-state index in [-0.39, 0.29) is 35.5 Å². The topological polar surface area (TPSA) is 143 Å². The number of aliphatic carboxylic acids is 1. The predicted molar refractivity (Wildman–Crippen MR) is 108 cm³/mol. The number of carbonyl (C=O) groups is 2. The van der Waals surface area contributed by atoms with Crippen molar-refractivity contribution >= 4 is 50.4 Å². The number of hydrogen-bond acceptors (Lipinski definition) is 8. The van der Waals surface area contributed by atoms with Crippen LogP contribution in [0.1, 0.15) is 24.8 Å². The first-order valence-electron chi connectivity index (χ1n) is 8.18. The minimum Gasteiger partial charge on any atom is -0.481 e. The monoisotopic (exact) mass is 522 g/mol. The van der Waals surface area contributed by atoms with Crippen molar-refractivity contribution in [2.75, 3.05) is 12.4 Å². The van der Waals surface area contributed by atoms with Crippen LogP contribution >= 0.6 is 22.6 Å². The van der Waals surface area contributed by atoms with Crippen molar-refractivity contribution in [3.05, 3.63) is 35.9 Å². The van der Waals surface area contributed by atoms with E-state index in [1.165, 1.54) is 0 Å². The molecule has 9 nitrogen and oxygen atoms in total. The van der Waals surface area contributed by atoms with Crippen molar-refractivity contribution in [1.29, 1.82) is 5.26 Å². The number of esters is 1. The Morgan fingerprint density at radius 2 is 1.93 bits per heavy atom. The van der Waals surface area contributed by atoms with Crippen molar-refractivity contribution in [3.63, 3.8) is 0 Å². The Bertz CT molecular complexity index is 835. The van der Waals surface area contributed by atoms with Gasteiger partial charge in [0, 0.05) is 0 Å². The third kappa shape index (κ3) is 10.2. The van der Waals surface area contributed by atoms with Crippen LogP contribution in [-0.2, 0) is 35.1 Å². The van der Waals surface area contributed by atoms with Gasteiger partial charge in [-0.15, -0.1) is 0 Å². The summed E-state index contributed by atoms with van der Waals surface area (Å²) >= 11 is 1.99. The van der Waals surface area contributed by atoms with E-state index in [1.807, 2.05) is 59.0 Å². The molecule has 1 N–H and O–H groups in total. The first-order valence-corrected chi connectivity index (χ1v) is 11.0. The van der Waals surface area contributed by atoms with Gasteiger partial charge in [0.25, 0.3) is 0 Å². The lowest BCUT2D eigenvalue weighted by molar-refractivity contribution is -0.147. The van der Waals surface area contributed by atoms with Gasteiger partial charge in [0.05, 0.1) is 29.1 Å². The lowest BCUT2D eigenvalue weighted by Crippen LogP contribution is -2.18. The number of halogens is 1. The fourth-order valence-corrected chi connectivity index (χ4v) is 3.40. The van der Waals surface area contributed by atoms with E-state index in [9.17, 15) is 23.3 Å². The number of carbonyl (C=O) groups excluding carboxylic acids is 1. The molecule has 1 unspecified atom stereocenters. The molecule has 0 fully saturated rings. The van der Waals surface area contributed by atoms with Crippen molar-refractivity contribution in [3.8, 4) is 6.07 Å². The number of carboxylic acids is 1. The zero-order valence-corrected chi connectivity index (χ0v) is 17.8. The number of nitrogens with zero attached hydrogens (tertiary/aromatic N) is 2. The highest BCUT2D eigenvalue weighted by Crippen LogP contribution is 2.13. The number of ether oxygens (including phenoxy) is 1. The third-order valence-electron chi connectivity index (χ3n) is 3.26. The largest absolute Gasteiger partial charge is 0.481 e. The Balaban J connectivity index is 2.45. The third-order valence-corrected chi connectivity index (χ3v) is 5.38. The quantitative estimate of drug-likeness (QED) is 0.110. The molecule has 0 saturated carbocycles. The van der Waals surface area contributed by atoms with Crippen LogP contribution in [0.25, 0.3) is 0 Å². The van der Waals surface area contributed by atoms with E-state index in [0.717, 1.165) is 5.56 Å². The molecule has 0 aliphatic rings. The normalized spacial score (nSPS) is 12.6. The maximum absolute atomic E-state index is 11.8. The number of hydrogen-bond donors (Lipinski definition) is 1. The molecule has 0 aliphatic heterocycles. The van der Waals surface area contributed by atoms with Crippen LogP contribution in [0.5, 0.6) is 0 Å². The molecule has 0 amide bonds. The highest BCUT2D eigenvalue weighted by molar-refractivity contribution is 14.1. The lowest BCUT2D eigenvalue weighted by Gasteiger charge is -2.08. The van der Waals surface area contributed by atoms with Gasteiger partial charge >= 0.3 is 22.1 Å². The number of nitriles is 1. The van der Waals surface area contributed by atoms with E-state index in [1.54, 1.807) is 0 Å². The minimum absolute atomic E-state index is 0.0454. The number of rotatable bonds is 12. The Labute approximate surface area is 176 Å². The Kier molecular flexibility index (Phi) is 10.5. The Hall–Kier alpha value is -2.20. The van der Waals surface area contributed by atoms with Crippen molar-refractivity contribution in [1.82, 2.24) is 0 Å². The van der Waals surface area contributed by atoms with E-state index in [4.69, 9.17) is 9.84 Å². The molecule has 1 atom stereocenters. The zero-order valence-electron chi connectivity index (χ0n) is 14.8. The summed E-state index contributed by atoms with van der Waals surface area (Å²) < 4.78 is 32.6. The molecule has 0 radical (unpaired) electrons. The second kappa shape index (κ2) is 12.3. The van der Waals surface area contributed by atoms with Crippen molar-refractivity contribution in [2.45, 2.75) is 29.6 Å². The molecule has 28 heavy (non-hydrogen) atoms. The van der Waals surface area contributed by atoms with Crippen LogP contribution < -0.4 is 0 Å². The van der Waals surface area contributed by atoms with Crippen LogP contribution in [0, 0.1) is 11.3 Å². The standard InChI is InChI=1S/C17H19IN2O7S/c18-14(11-13-5-2-1-3-6-13)15(12-19)20-27-28(24,25)10-4-9-26-17(23)8-7-16(21)22/h1-3,5-6,14H,4,7-11H2,(H,21,22). The Morgan fingerprint density at radius 3 is 2.54 bits per heavy atom. The van der Waals surface area contributed by atoms with E-state index in [2.05, 4.69) is 9.44 Å². The molecule has 0 heterocycles. The second-order valence-electron chi connectivity index (χ2n) is 5.55. The summed E-state index contributed by atoms with van der Waals surface area (Å²) in [6.45, 7) is -0.196. The van der Waals surface area contributed by atoms with E-state index in [0.29, 0.717) is 6.42 Å². The smallest absolute Gasteiger partial charge is 0.328 e. The molecule has 152 valence electrons. The molecule has 0 spiro atoms. The molecular weight excluding hydrogens is 503 g/mol. The van der Waals surface area contributed by atoms with Crippen LogP contribution in [0.2, 0.25) is 0 Å². The van der Waals surface area contributed by atoms with Crippen molar-refractivity contribution in [2.24, 2.45) is 5.16 Å². The number of benzene rings is 1. The first kappa shape index (κ1) is 23.8. The minimum atomic E-state index is -4.04. The maximum Gasteiger partial charge on any atom is 0.328 e. The second-order valence-corrected chi connectivity index (χ2v) is 8.73. The zero-order chi connectivity index (χ0) is 21.0. The summed E-state index contributed by atoms with van der Waals surface area (Å²) in [5.74, 6) is -2.31. The molecule has 0 saturated heterocycles. The molecule has 0 aliphatic carbocycles. The number of alkyl halides is 1. The summed E-state index contributed by atoms with van der Waals surface area (Å²) in [6.07, 6.45) is -0.195. The lowest BCUT2D eigenvalue weighted by atomic mass is 10.1. The summed E-state index contributed by atoms with van der Waals surface area (Å²) in [4.78, 5) is 21.6. The number of oxime groups is 1. The van der Waals surface area contributed by atoms with Gasteiger partial charge in [0.1, 0.15) is 6.07 Å². The molecular formula is C17H19IN2O7S. The predicted octanol–water partition coefficient (Wildman–Crippen LogP) is 2.06. The molecule has 1 aromatic carbocycles. The number of carboxylic acid groups (broad SMARTS) is 1. The van der Waals surface area contributed by atoms with Gasteiger partial charge in [0.15, 0.2) is 5.71 Å². The van der Waals surface area contributed by atoms with Gasteiger partial charge in [-0.2, -0.15) is 13.7 Å². The maximum atomic E-state index is 11.8. The van der Waals surface area contributed by atoms with Crippen molar-refractivity contribution < 1.29 is 32.1 Å². The summed E-state index contributed by atoms with van der Waals surface area (Å²) in [5, 5.41) is 21.1. The fourth-order valence-electron chi connectivity index (χ4n) is 1.90. The van der Waals surface area contributed by atoms with Gasteiger partial charge in [-0.3, -0.25) is 13.9 Å². The highest BCUT2D eigenvalue weighted by atomic mass is 127. The van der Waals surface area contributed by atoms with Crippen LogP contribution in [0.4, 0.5) is 0 Å². The molecule has 11 heteroatoms. The molecule has 0 aromatic heterocycles. The average molecular weight is 522 g/mol. The first-order chi connectivity index (χ1) is 13.2. The molecule has 1 aromatic rings. The van der Waals surface area contributed by atoms with Gasteiger partial charge in [-0.05, 0) is 18.4 Å². The fraction of sp³-hybridized carbons (Fsp3) is 0.412. The summed E-state index contributed by atoms with van der Waals surface area (Å²) in [7, 11) is -4.04. The summed E-state index contributed by atoms with van der Waals surface area (Å²) in [5.41, 5.74) is 0.908. The van der Waals surface area contributed by atoms with E-state index < -0.39 is 27.8 Å². The van der Waals surface area contributed by atoms with Gasteiger partial charge < -0.3 is 9.84 Å². The SMILES string of the molecule is N#CC(=NOS(=O)(=O)CCCOC(=O)CCC(=O)O)C(I)Cc1ccccc1. The van der Waals surface area contributed by atoms with Gasteiger partial charge in [-0.1, -0.05) is 58.1 Å². The Morgan fingerprint density at radius 1 is 1.25 bits per heavy atom. The van der Waals surface area contributed by atoms with Crippen LogP contribution in [-0.4, -0.2) is 47.5 Å². The average Bonchev–Trinajstić information content (AvgIpc) is 2.65.